The molecule has 0 saturated heterocycles. The molecule has 3 heteroatoms. The van der Waals surface area contributed by atoms with E-state index in [4.69, 9.17) is 4.84 Å². The van der Waals surface area contributed by atoms with Crippen LogP contribution in [0.4, 0.5) is 0 Å². The van der Waals surface area contributed by atoms with Crippen molar-refractivity contribution in [3.63, 3.8) is 0 Å². The van der Waals surface area contributed by atoms with Crippen molar-refractivity contribution in [1.82, 2.24) is 5.48 Å². The van der Waals surface area contributed by atoms with Crippen LogP contribution < -0.4 is 5.48 Å². The number of rotatable bonds is 1. The van der Waals surface area contributed by atoms with Crippen LogP contribution in [0.3, 0.4) is 0 Å². The van der Waals surface area contributed by atoms with E-state index in [0.717, 1.165) is 11.4 Å². The lowest BCUT2D eigenvalue weighted by Gasteiger charge is -2.19. The zero-order valence-corrected chi connectivity index (χ0v) is 11.2. The molecule has 0 amide bonds. The fourth-order valence-corrected chi connectivity index (χ4v) is 1.74. The summed E-state index contributed by atoms with van der Waals surface area (Å²) in [5.74, 6) is 0.801. The molecule has 0 radical (unpaired) electrons. The van der Waals surface area contributed by atoms with Gasteiger partial charge in [-0.25, -0.2) is 15.3 Å². The second kappa shape index (κ2) is 3.84. The van der Waals surface area contributed by atoms with Gasteiger partial charge in [0.15, 0.2) is 11.6 Å². The monoisotopic (exact) mass is 232 g/mol. The maximum absolute atomic E-state index is 5.35. The molecule has 0 saturated carbocycles. The average Bonchev–Trinajstić information content (AvgIpc) is 2.58. The molecule has 1 heterocycles. The summed E-state index contributed by atoms with van der Waals surface area (Å²) in [5, 5.41) is 0. The quantitative estimate of drug-likeness (QED) is 0.807. The molecule has 0 spiro atoms. The van der Waals surface area contributed by atoms with Gasteiger partial charge in [0.1, 0.15) is 0 Å². The van der Waals surface area contributed by atoms with Crippen molar-refractivity contribution in [1.29, 1.82) is 0 Å². The number of amidine groups is 1. The molecule has 1 aliphatic heterocycles. The van der Waals surface area contributed by atoms with Gasteiger partial charge in [-0.1, -0.05) is 45.0 Å². The molecule has 1 aliphatic rings. The van der Waals surface area contributed by atoms with Crippen molar-refractivity contribution in [2.24, 2.45) is 4.99 Å². The minimum absolute atomic E-state index is 0.180. The highest BCUT2D eigenvalue weighted by Crippen LogP contribution is 2.23. The number of nitrogens with one attached hydrogen (secondary N) is 1. The molecule has 3 nitrogen and oxygen atoms in total. The molecule has 0 bridgehead atoms. The topological polar surface area (TPSA) is 33.6 Å². The van der Waals surface area contributed by atoms with Gasteiger partial charge < -0.3 is 0 Å². The van der Waals surface area contributed by atoms with Crippen molar-refractivity contribution in [3.8, 4) is 0 Å². The van der Waals surface area contributed by atoms with Crippen LogP contribution in [0.2, 0.25) is 0 Å². The largest absolute Gasteiger partial charge is 0.246 e. The van der Waals surface area contributed by atoms with Gasteiger partial charge in [0.25, 0.3) is 0 Å². The maximum Gasteiger partial charge on any atom is 0.182 e. The Morgan fingerprint density at radius 3 is 2.12 bits per heavy atom. The molecule has 17 heavy (non-hydrogen) atoms. The summed E-state index contributed by atoms with van der Waals surface area (Å²) in [6.45, 7) is 10.5. The maximum atomic E-state index is 5.35. The summed E-state index contributed by atoms with van der Waals surface area (Å²) in [6, 6.07) is 8.45. The van der Waals surface area contributed by atoms with Gasteiger partial charge in [-0.15, -0.1) is 0 Å². The molecule has 92 valence electrons. The first-order valence-corrected chi connectivity index (χ1v) is 5.93. The molecular formula is C14H20N2O. The first-order chi connectivity index (χ1) is 7.78. The van der Waals surface area contributed by atoms with E-state index >= 15 is 0 Å². The Kier molecular flexibility index (Phi) is 2.74. The van der Waals surface area contributed by atoms with E-state index in [1.807, 2.05) is 13.8 Å². The third-order valence-corrected chi connectivity index (χ3v) is 2.80. The Morgan fingerprint density at radius 1 is 1.12 bits per heavy atom. The number of hydrogen-bond donors (Lipinski definition) is 1. The van der Waals surface area contributed by atoms with E-state index in [1.165, 1.54) is 5.56 Å². The Morgan fingerprint density at radius 2 is 1.71 bits per heavy atom. The molecule has 0 unspecified atom stereocenters. The normalized spacial score (nSPS) is 18.8. The summed E-state index contributed by atoms with van der Waals surface area (Å²) in [5.41, 5.74) is 4.96. The second-order valence-electron chi connectivity index (χ2n) is 5.94. The molecule has 1 aromatic carbocycles. The Labute approximate surface area is 103 Å². The fraction of sp³-hybridized carbons (Fsp3) is 0.500. The predicted octanol–water partition coefficient (Wildman–Crippen LogP) is 3.00. The summed E-state index contributed by atoms with van der Waals surface area (Å²) >= 11 is 0. The molecule has 2 rings (SSSR count). The minimum atomic E-state index is -0.474. The number of hydroxylamine groups is 1. The van der Waals surface area contributed by atoms with Gasteiger partial charge in [-0.05, 0) is 24.8 Å². The minimum Gasteiger partial charge on any atom is -0.246 e. The number of aliphatic imine (C=N–C) groups is 1. The van der Waals surface area contributed by atoms with E-state index in [1.54, 1.807) is 0 Å². The standard InChI is InChI=1S/C14H20N2O/c1-13(2,3)11-8-6-10(7-9-11)12-15-14(4,5)17-16-12/h6-9H,1-5H3,(H,15,16). The zero-order valence-electron chi connectivity index (χ0n) is 11.2. The van der Waals surface area contributed by atoms with E-state index in [0.29, 0.717) is 0 Å². The van der Waals surface area contributed by atoms with Gasteiger partial charge in [0.2, 0.25) is 0 Å². The van der Waals surface area contributed by atoms with E-state index in [2.05, 4.69) is 55.5 Å². The van der Waals surface area contributed by atoms with Crippen LogP contribution in [0.5, 0.6) is 0 Å². The van der Waals surface area contributed by atoms with Crippen LogP contribution in [0, 0.1) is 0 Å². The first-order valence-electron chi connectivity index (χ1n) is 5.93. The summed E-state index contributed by atoms with van der Waals surface area (Å²) in [4.78, 5) is 9.82. The molecular weight excluding hydrogens is 212 g/mol. The third-order valence-electron chi connectivity index (χ3n) is 2.80. The Hall–Kier alpha value is -1.35. The molecule has 0 aliphatic carbocycles. The molecule has 1 N–H and O–H groups in total. The third kappa shape index (κ3) is 2.67. The van der Waals surface area contributed by atoms with E-state index in [-0.39, 0.29) is 5.41 Å². The van der Waals surface area contributed by atoms with Crippen LogP contribution in [0.25, 0.3) is 0 Å². The fourth-order valence-electron chi connectivity index (χ4n) is 1.74. The van der Waals surface area contributed by atoms with Gasteiger partial charge in [0, 0.05) is 5.56 Å². The Balaban J connectivity index is 2.26. The second-order valence-corrected chi connectivity index (χ2v) is 5.94. The SMILES string of the molecule is CC1(C)N=C(c2ccc(C(C)(C)C)cc2)NO1. The lowest BCUT2D eigenvalue weighted by atomic mass is 9.86. The number of nitrogens with zero attached hydrogens (tertiary/aromatic N) is 1. The van der Waals surface area contributed by atoms with Gasteiger partial charge >= 0.3 is 0 Å². The van der Waals surface area contributed by atoms with Crippen LogP contribution in [0.1, 0.15) is 45.7 Å². The van der Waals surface area contributed by atoms with E-state index in [9.17, 15) is 0 Å². The van der Waals surface area contributed by atoms with Crippen molar-refractivity contribution in [2.75, 3.05) is 0 Å². The Bertz CT molecular complexity index is 438. The van der Waals surface area contributed by atoms with Crippen molar-refractivity contribution >= 4 is 5.84 Å². The zero-order chi connectivity index (χ0) is 12.7. The van der Waals surface area contributed by atoms with Crippen molar-refractivity contribution in [2.45, 2.75) is 45.8 Å². The molecule has 0 aromatic heterocycles. The van der Waals surface area contributed by atoms with Crippen molar-refractivity contribution in [3.05, 3.63) is 35.4 Å². The van der Waals surface area contributed by atoms with Crippen molar-refractivity contribution < 1.29 is 4.84 Å². The average molecular weight is 232 g/mol. The lowest BCUT2D eigenvalue weighted by molar-refractivity contribution is -0.0269. The lowest BCUT2D eigenvalue weighted by Crippen LogP contribution is -2.23. The van der Waals surface area contributed by atoms with Crippen LogP contribution in [0.15, 0.2) is 29.3 Å². The summed E-state index contributed by atoms with van der Waals surface area (Å²) in [6.07, 6.45) is 0. The summed E-state index contributed by atoms with van der Waals surface area (Å²) in [7, 11) is 0. The summed E-state index contributed by atoms with van der Waals surface area (Å²) < 4.78 is 0. The molecule has 0 atom stereocenters. The molecule has 1 aromatic rings. The highest BCUT2D eigenvalue weighted by molar-refractivity contribution is 5.99. The number of hydrogen-bond acceptors (Lipinski definition) is 3. The van der Waals surface area contributed by atoms with Gasteiger partial charge in [-0.2, -0.15) is 0 Å². The highest BCUT2D eigenvalue weighted by atomic mass is 16.7. The predicted molar refractivity (Wildman–Crippen MR) is 70.0 cm³/mol. The number of benzene rings is 1. The van der Waals surface area contributed by atoms with Gasteiger partial charge in [-0.3, -0.25) is 0 Å². The van der Waals surface area contributed by atoms with Crippen LogP contribution in [-0.2, 0) is 10.3 Å². The van der Waals surface area contributed by atoms with Crippen LogP contribution >= 0.6 is 0 Å². The van der Waals surface area contributed by atoms with Crippen LogP contribution in [-0.4, -0.2) is 11.6 Å². The highest BCUT2D eigenvalue weighted by Gasteiger charge is 2.26. The van der Waals surface area contributed by atoms with E-state index < -0.39 is 5.72 Å². The first kappa shape index (κ1) is 12.1. The van der Waals surface area contributed by atoms with Gasteiger partial charge in [0.05, 0.1) is 0 Å². The smallest absolute Gasteiger partial charge is 0.182 e. The molecule has 0 fully saturated rings.